The third kappa shape index (κ3) is 6.41. The molecule has 1 amide bonds. The van der Waals surface area contributed by atoms with Crippen molar-refractivity contribution >= 4 is 17.7 Å². The molecule has 4 aromatic rings. The smallest absolute Gasteiger partial charge is 0.326 e. The Morgan fingerprint density at radius 1 is 0.946 bits per heavy atom. The number of rotatable bonds is 9. The van der Waals surface area contributed by atoms with E-state index in [9.17, 15) is 14.7 Å². The number of hydrogen-bond donors (Lipinski definition) is 3. The van der Waals surface area contributed by atoms with E-state index in [2.05, 4.69) is 20.7 Å². The van der Waals surface area contributed by atoms with Crippen molar-refractivity contribution in [3.8, 4) is 5.69 Å². The number of carboxylic acids is 1. The summed E-state index contributed by atoms with van der Waals surface area (Å²) in [5.74, 6) is -0.656. The Balaban J connectivity index is 1.40. The van der Waals surface area contributed by atoms with Gasteiger partial charge in [0.05, 0.1) is 17.9 Å². The molecule has 3 N–H and O–H groups in total. The molecular weight excluding hydrogens is 466 g/mol. The molecule has 1 atom stereocenters. The van der Waals surface area contributed by atoms with Crippen LogP contribution in [0.25, 0.3) is 5.69 Å². The Labute approximate surface area is 216 Å². The van der Waals surface area contributed by atoms with Crippen LogP contribution in [0, 0.1) is 27.7 Å². The molecule has 0 bridgehead atoms. The SMILES string of the molecule is Cc1ccnc(NCc2ccn(-c3ccc(CC(NC(=O)c4c(C)cc(C)cc4C)C(=O)O)cc3)n2)c1. The lowest BCUT2D eigenvalue weighted by molar-refractivity contribution is -0.139. The van der Waals surface area contributed by atoms with E-state index in [1.165, 1.54) is 0 Å². The van der Waals surface area contributed by atoms with Crippen molar-refractivity contribution in [3.05, 3.63) is 106 Å². The van der Waals surface area contributed by atoms with Crippen molar-refractivity contribution in [2.45, 2.75) is 46.7 Å². The molecule has 4 rings (SSSR count). The zero-order chi connectivity index (χ0) is 26.5. The molecule has 8 nitrogen and oxygen atoms in total. The van der Waals surface area contributed by atoms with E-state index < -0.39 is 12.0 Å². The number of hydrogen-bond acceptors (Lipinski definition) is 5. The van der Waals surface area contributed by atoms with Crippen LogP contribution >= 0.6 is 0 Å². The van der Waals surface area contributed by atoms with Gasteiger partial charge in [0.1, 0.15) is 11.9 Å². The summed E-state index contributed by atoms with van der Waals surface area (Å²) in [6.07, 6.45) is 3.81. The van der Waals surface area contributed by atoms with Gasteiger partial charge < -0.3 is 15.7 Å². The van der Waals surface area contributed by atoms with Gasteiger partial charge in [0.2, 0.25) is 0 Å². The zero-order valence-electron chi connectivity index (χ0n) is 21.4. The first-order chi connectivity index (χ1) is 17.7. The van der Waals surface area contributed by atoms with Crippen molar-refractivity contribution in [1.29, 1.82) is 0 Å². The summed E-state index contributed by atoms with van der Waals surface area (Å²) >= 11 is 0. The van der Waals surface area contributed by atoms with Crippen LogP contribution in [0.5, 0.6) is 0 Å². The Kier molecular flexibility index (Phi) is 7.67. The second kappa shape index (κ2) is 11.1. The Morgan fingerprint density at radius 2 is 1.65 bits per heavy atom. The van der Waals surface area contributed by atoms with Gasteiger partial charge in [0.15, 0.2) is 0 Å². The normalized spacial score (nSPS) is 11.7. The number of pyridine rings is 1. The second-order valence-corrected chi connectivity index (χ2v) is 9.33. The first-order valence-electron chi connectivity index (χ1n) is 12.1. The lowest BCUT2D eigenvalue weighted by Crippen LogP contribution is -2.42. The fourth-order valence-electron chi connectivity index (χ4n) is 4.40. The van der Waals surface area contributed by atoms with E-state index in [0.717, 1.165) is 45.0 Å². The highest BCUT2D eigenvalue weighted by atomic mass is 16.4. The van der Waals surface area contributed by atoms with Crippen molar-refractivity contribution in [3.63, 3.8) is 0 Å². The molecule has 0 fully saturated rings. The van der Waals surface area contributed by atoms with Crippen LogP contribution in [-0.4, -0.2) is 37.8 Å². The zero-order valence-corrected chi connectivity index (χ0v) is 21.4. The largest absolute Gasteiger partial charge is 0.480 e. The molecular formula is C29H31N5O3. The molecule has 37 heavy (non-hydrogen) atoms. The molecule has 2 aromatic heterocycles. The fraction of sp³-hybridized carbons (Fsp3) is 0.241. The Morgan fingerprint density at radius 3 is 2.30 bits per heavy atom. The summed E-state index contributed by atoms with van der Waals surface area (Å²) in [7, 11) is 0. The van der Waals surface area contributed by atoms with E-state index in [1.807, 2.05) is 88.5 Å². The Bertz CT molecular complexity index is 1400. The predicted octanol–water partition coefficient (Wildman–Crippen LogP) is 4.54. The quantitative estimate of drug-likeness (QED) is 0.313. The average molecular weight is 498 g/mol. The van der Waals surface area contributed by atoms with Crippen LogP contribution in [0.2, 0.25) is 0 Å². The maximum absolute atomic E-state index is 12.9. The van der Waals surface area contributed by atoms with Gasteiger partial charge in [-0.05, 0) is 80.3 Å². The summed E-state index contributed by atoms with van der Waals surface area (Å²) in [6, 6.07) is 16.1. The standard InChI is InChI=1S/C29H31N5O3/c1-18-9-11-30-26(15-18)31-17-23-10-12-34(33-23)24-7-5-22(6-8-24)16-25(29(36)37)32-28(35)27-20(3)13-19(2)14-21(27)4/h5-15,25H,16-17H2,1-4H3,(H,30,31)(H,32,35)(H,36,37). The third-order valence-corrected chi connectivity index (χ3v) is 6.16. The summed E-state index contributed by atoms with van der Waals surface area (Å²) in [5.41, 5.74) is 6.88. The van der Waals surface area contributed by atoms with E-state index in [4.69, 9.17) is 0 Å². The van der Waals surface area contributed by atoms with Crippen molar-refractivity contribution in [1.82, 2.24) is 20.1 Å². The maximum Gasteiger partial charge on any atom is 0.326 e. The van der Waals surface area contributed by atoms with Crippen LogP contribution in [0.1, 0.15) is 43.9 Å². The number of benzene rings is 2. The first kappa shape index (κ1) is 25.6. The average Bonchev–Trinajstić information content (AvgIpc) is 3.31. The number of nitrogens with zero attached hydrogens (tertiary/aromatic N) is 3. The molecule has 1 unspecified atom stereocenters. The highest BCUT2D eigenvalue weighted by Crippen LogP contribution is 2.17. The van der Waals surface area contributed by atoms with Crippen LogP contribution in [-0.2, 0) is 17.8 Å². The molecule has 2 heterocycles. The van der Waals surface area contributed by atoms with Crippen LogP contribution in [0.4, 0.5) is 5.82 Å². The highest BCUT2D eigenvalue weighted by Gasteiger charge is 2.23. The van der Waals surface area contributed by atoms with Crippen LogP contribution < -0.4 is 10.6 Å². The van der Waals surface area contributed by atoms with Gasteiger partial charge in [-0.2, -0.15) is 5.10 Å². The van der Waals surface area contributed by atoms with Gasteiger partial charge in [0.25, 0.3) is 5.91 Å². The lowest BCUT2D eigenvalue weighted by Gasteiger charge is -2.17. The molecule has 2 aromatic carbocycles. The summed E-state index contributed by atoms with van der Waals surface area (Å²) in [4.78, 5) is 29.1. The minimum atomic E-state index is -1.08. The number of anilines is 1. The number of aromatic nitrogens is 3. The summed E-state index contributed by atoms with van der Waals surface area (Å²) < 4.78 is 1.77. The lowest BCUT2D eigenvalue weighted by atomic mass is 9.98. The fourth-order valence-corrected chi connectivity index (χ4v) is 4.40. The van der Waals surface area contributed by atoms with Crippen LogP contribution in [0.15, 0.2) is 67.0 Å². The molecule has 0 radical (unpaired) electrons. The van der Waals surface area contributed by atoms with Gasteiger partial charge in [-0.25, -0.2) is 14.5 Å². The predicted molar refractivity (Wildman–Crippen MR) is 143 cm³/mol. The molecule has 0 aliphatic carbocycles. The third-order valence-electron chi connectivity index (χ3n) is 6.16. The van der Waals surface area contributed by atoms with Gasteiger partial charge in [-0.15, -0.1) is 0 Å². The number of nitrogens with one attached hydrogen (secondary N) is 2. The van der Waals surface area contributed by atoms with E-state index in [0.29, 0.717) is 12.1 Å². The van der Waals surface area contributed by atoms with E-state index in [-0.39, 0.29) is 12.3 Å². The highest BCUT2D eigenvalue weighted by molar-refractivity contribution is 5.99. The topological polar surface area (TPSA) is 109 Å². The first-order valence-corrected chi connectivity index (χ1v) is 12.1. The monoisotopic (exact) mass is 497 g/mol. The minimum Gasteiger partial charge on any atom is -0.480 e. The molecule has 0 spiro atoms. The van der Waals surface area contributed by atoms with E-state index >= 15 is 0 Å². The molecule has 8 heteroatoms. The van der Waals surface area contributed by atoms with Gasteiger partial charge >= 0.3 is 5.97 Å². The van der Waals surface area contributed by atoms with Gasteiger partial charge in [-0.3, -0.25) is 4.79 Å². The van der Waals surface area contributed by atoms with Crippen LogP contribution in [0.3, 0.4) is 0 Å². The summed E-state index contributed by atoms with van der Waals surface area (Å²) in [6.45, 7) is 8.25. The number of carbonyl (C=O) groups excluding carboxylic acids is 1. The molecule has 0 saturated carbocycles. The maximum atomic E-state index is 12.9. The molecule has 0 aliphatic rings. The molecule has 0 saturated heterocycles. The van der Waals surface area contributed by atoms with Crippen molar-refractivity contribution < 1.29 is 14.7 Å². The number of carboxylic acid groups (broad SMARTS) is 1. The summed E-state index contributed by atoms with van der Waals surface area (Å²) in [5, 5.41) is 20.3. The van der Waals surface area contributed by atoms with Crippen molar-refractivity contribution in [2.75, 3.05) is 5.32 Å². The number of aryl methyl sites for hydroxylation is 4. The van der Waals surface area contributed by atoms with Gasteiger partial charge in [0, 0.05) is 24.4 Å². The molecule has 190 valence electrons. The van der Waals surface area contributed by atoms with E-state index in [1.54, 1.807) is 10.9 Å². The number of aliphatic carboxylic acids is 1. The second-order valence-electron chi connectivity index (χ2n) is 9.33. The number of carbonyl (C=O) groups is 2. The number of amides is 1. The molecule has 0 aliphatic heterocycles. The van der Waals surface area contributed by atoms with Crippen molar-refractivity contribution in [2.24, 2.45) is 0 Å². The Hall–Kier alpha value is -4.46. The minimum absolute atomic E-state index is 0.170. The van der Waals surface area contributed by atoms with Gasteiger partial charge in [-0.1, -0.05) is 29.8 Å².